The predicted octanol–water partition coefficient (Wildman–Crippen LogP) is 1.41. The van der Waals surface area contributed by atoms with E-state index in [0.717, 1.165) is 0 Å². The Morgan fingerprint density at radius 1 is 1.60 bits per heavy atom. The van der Waals surface area contributed by atoms with Crippen LogP contribution in [0.4, 0.5) is 0 Å². The van der Waals surface area contributed by atoms with Gasteiger partial charge in [-0.25, -0.2) is 0 Å². The maximum absolute atomic E-state index is 2.22. The second-order valence-electron chi connectivity index (χ2n) is 1.000. The Morgan fingerprint density at radius 3 is 1.80 bits per heavy atom. The summed E-state index contributed by atoms with van der Waals surface area (Å²) in [5, 5.41) is 0. The predicted molar refractivity (Wildman–Crippen MR) is 28.1 cm³/mol. The van der Waals surface area contributed by atoms with Gasteiger partial charge in [-0.05, 0) is 0 Å². The smallest absolute Gasteiger partial charge is 0.147 e. The van der Waals surface area contributed by atoms with E-state index in [2.05, 4.69) is 6.92 Å². The van der Waals surface area contributed by atoms with Crippen molar-refractivity contribution in [1.82, 2.24) is 0 Å². The van der Waals surface area contributed by atoms with Crippen molar-refractivity contribution in [1.29, 1.82) is 0 Å². The summed E-state index contributed by atoms with van der Waals surface area (Å²) in [7, 11) is 0. The minimum Gasteiger partial charge on any atom is -0.147 e. The molecular weight excluding hydrogens is 94.5 g/mol. The fourth-order valence-electron chi connectivity index (χ4n) is 0. The van der Waals surface area contributed by atoms with Gasteiger partial charge in [0.05, 0.1) is 0 Å². The molecule has 0 atom stereocenters. The zero-order valence-corrected chi connectivity index (χ0v) is 6.64. The molecule has 0 nitrogen and oxygen atoms in total. The van der Waals surface area contributed by atoms with Gasteiger partial charge in [0.25, 0.3) is 0 Å². The molecule has 0 heterocycles. The SMILES string of the molecule is CC[CH2][Na].Cl. The van der Waals surface area contributed by atoms with Crippen LogP contribution in [-0.4, -0.2) is 27.9 Å². The van der Waals surface area contributed by atoms with Gasteiger partial charge in [0.1, 0.15) is 0 Å². The molecule has 0 bridgehead atoms. The van der Waals surface area contributed by atoms with Gasteiger partial charge in [-0.1, -0.05) is 0 Å². The summed E-state index contributed by atoms with van der Waals surface area (Å²) in [4.78, 5) is 0. The number of halogens is 1. The second-order valence-corrected chi connectivity index (χ2v) is 2.00. The van der Waals surface area contributed by atoms with E-state index in [4.69, 9.17) is 0 Å². The van der Waals surface area contributed by atoms with Crippen LogP contribution in [0.1, 0.15) is 13.3 Å². The van der Waals surface area contributed by atoms with Crippen molar-refractivity contribution in [3.05, 3.63) is 0 Å². The number of rotatable bonds is 1. The topological polar surface area (TPSA) is 0 Å². The van der Waals surface area contributed by atoms with Crippen molar-refractivity contribution >= 4 is 40.3 Å². The monoisotopic (exact) mass is 102 g/mol. The number of hydrogen-bond acceptors (Lipinski definition) is 0. The van der Waals surface area contributed by atoms with Gasteiger partial charge in [-0.2, -0.15) is 0 Å². The number of hydrogen-bond donors (Lipinski definition) is 0. The van der Waals surface area contributed by atoms with E-state index in [9.17, 15) is 0 Å². The Bertz CT molecular complexity index is 8.85. The van der Waals surface area contributed by atoms with Crippen LogP contribution < -0.4 is 0 Å². The first kappa shape index (κ1) is 9.56. The second kappa shape index (κ2) is 8.99. The standard InChI is InChI=1S/C3H7.ClH.Na/c1-3-2;;/h1,3H2,2H3;1H;. The summed E-state index contributed by atoms with van der Waals surface area (Å²) in [5.41, 5.74) is 0. The normalized spacial score (nSPS) is 6.20. The van der Waals surface area contributed by atoms with Crippen LogP contribution in [0.5, 0.6) is 0 Å². The molecule has 0 aromatic carbocycles. The van der Waals surface area contributed by atoms with Crippen LogP contribution in [0.15, 0.2) is 0 Å². The molecule has 0 aliphatic rings. The Morgan fingerprint density at radius 2 is 1.80 bits per heavy atom. The van der Waals surface area contributed by atoms with Gasteiger partial charge in [0, 0.05) is 0 Å². The minimum absolute atomic E-state index is 0. The summed E-state index contributed by atoms with van der Waals surface area (Å²) in [5.74, 6) is 0. The Balaban J connectivity index is 0. The van der Waals surface area contributed by atoms with Crippen molar-refractivity contribution in [2.45, 2.75) is 17.0 Å². The first-order chi connectivity index (χ1) is 1.91. The van der Waals surface area contributed by atoms with Crippen molar-refractivity contribution < 1.29 is 0 Å². The zero-order valence-electron chi connectivity index (χ0n) is 3.82. The molecule has 0 aliphatic heterocycles. The largest absolute Gasteiger partial charge is 0.147 e. The minimum atomic E-state index is 0. The van der Waals surface area contributed by atoms with E-state index in [-0.39, 0.29) is 12.4 Å². The Hall–Kier alpha value is 1.29. The quantitative estimate of drug-likeness (QED) is 0.439. The van der Waals surface area contributed by atoms with E-state index in [1.807, 2.05) is 0 Å². The molecular formula is C3H8ClNa. The molecule has 0 saturated heterocycles. The molecule has 0 aromatic rings. The first-order valence-electron chi connectivity index (χ1n) is 1.91. The van der Waals surface area contributed by atoms with Crippen molar-refractivity contribution in [2.24, 2.45) is 0 Å². The molecule has 0 aromatic heterocycles. The molecule has 2 heteroatoms. The van der Waals surface area contributed by atoms with Gasteiger partial charge >= 0.3 is 44.9 Å². The van der Waals surface area contributed by atoms with E-state index >= 15 is 0 Å². The van der Waals surface area contributed by atoms with Gasteiger partial charge in [-0.15, -0.1) is 12.4 Å². The molecule has 0 radical (unpaired) electrons. The average molecular weight is 103 g/mol. The van der Waals surface area contributed by atoms with Crippen LogP contribution >= 0.6 is 12.4 Å². The van der Waals surface area contributed by atoms with Gasteiger partial charge < -0.3 is 0 Å². The summed E-state index contributed by atoms with van der Waals surface area (Å²) in [6.45, 7) is 2.22. The maximum Gasteiger partial charge on any atom is -0.147 e. The van der Waals surface area contributed by atoms with Crippen LogP contribution in [0.3, 0.4) is 0 Å². The first-order valence-corrected chi connectivity index (χ1v) is 3.33. The van der Waals surface area contributed by atoms with Crippen molar-refractivity contribution in [2.75, 3.05) is 0 Å². The summed E-state index contributed by atoms with van der Waals surface area (Å²) in [6, 6.07) is 0. The third-order valence-corrected chi connectivity index (χ3v) is 1.50. The molecule has 0 fully saturated rings. The molecule has 5 heavy (non-hydrogen) atoms. The van der Waals surface area contributed by atoms with E-state index in [1.165, 1.54) is 38.0 Å². The third kappa shape index (κ3) is 10.9. The fourth-order valence-corrected chi connectivity index (χ4v) is 0. The molecule has 0 amide bonds. The molecule has 0 N–H and O–H groups in total. The zero-order chi connectivity index (χ0) is 3.41. The van der Waals surface area contributed by atoms with Crippen LogP contribution in [0, 0.1) is 0 Å². The molecule has 0 unspecified atom stereocenters. The van der Waals surface area contributed by atoms with Crippen LogP contribution in [0.25, 0.3) is 0 Å². The Kier molecular flexibility index (Phi) is 17.2. The molecule has 28 valence electrons. The molecule has 0 aliphatic carbocycles. The van der Waals surface area contributed by atoms with Gasteiger partial charge in [0.2, 0.25) is 0 Å². The average Bonchev–Trinajstić information content (AvgIpc) is 1.37. The fraction of sp³-hybridized carbons (Fsp3) is 1.00. The Labute approximate surface area is 57.2 Å². The van der Waals surface area contributed by atoms with Gasteiger partial charge in [0.15, 0.2) is 0 Å². The summed E-state index contributed by atoms with van der Waals surface area (Å²) in [6.07, 6.45) is 1.38. The summed E-state index contributed by atoms with van der Waals surface area (Å²) >= 11 is 1.39. The van der Waals surface area contributed by atoms with E-state index in [1.54, 1.807) is 0 Å². The van der Waals surface area contributed by atoms with E-state index < -0.39 is 0 Å². The van der Waals surface area contributed by atoms with Gasteiger partial charge in [-0.3, -0.25) is 0 Å². The third-order valence-electron chi connectivity index (χ3n) is 0.500. The molecule has 0 saturated carbocycles. The van der Waals surface area contributed by atoms with Crippen LogP contribution in [0.2, 0.25) is 3.67 Å². The molecule has 0 rings (SSSR count). The van der Waals surface area contributed by atoms with Crippen LogP contribution in [-0.2, 0) is 0 Å². The molecule has 0 spiro atoms. The van der Waals surface area contributed by atoms with Crippen molar-refractivity contribution in [3.8, 4) is 0 Å². The van der Waals surface area contributed by atoms with Crippen molar-refractivity contribution in [3.63, 3.8) is 0 Å². The summed E-state index contributed by atoms with van der Waals surface area (Å²) < 4.78 is 1.46. The maximum atomic E-state index is 2.22. The van der Waals surface area contributed by atoms with E-state index in [0.29, 0.717) is 0 Å².